The summed E-state index contributed by atoms with van der Waals surface area (Å²) in [7, 11) is 1.47. The van der Waals surface area contributed by atoms with E-state index in [1.54, 1.807) is 19.1 Å². The maximum absolute atomic E-state index is 13.9. The highest BCUT2D eigenvalue weighted by Gasteiger charge is 2.40. The number of nitrogens with two attached hydrogens (primary N) is 1. The number of pyridine rings is 1. The van der Waals surface area contributed by atoms with Crippen LogP contribution in [-0.4, -0.2) is 36.1 Å². The van der Waals surface area contributed by atoms with Crippen LogP contribution in [0.25, 0.3) is 0 Å². The van der Waals surface area contributed by atoms with E-state index in [9.17, 15) is 14.0 Å². The zero-order valence-corrected chi connectivity index (χ0v) is 15.9. The summed E-state index contributed by atoms with van der Waals surface area (Å²) in [4.78, 5) is 28.0. The highest BCUT2D eigenvalue weighted by Crippen LogP contribution is 2.41. The number of primary amides is 1. The van der Waals surface area contributed by atoms with Gasteiger partial charge in [0.15, 0.2) is 0 Å². The van der Waals surface area contributed by atoms with Gasteiger partial charge in [0, 0.05) is 28.9 Å². The van der Waals surface area contributed by atoms with Crippen LogP contribution >= 0.6 is 0 Å². The van der Waals surface area contributed by atoms with Gasteiger partial charge >= 0.3 is 0 Å². The number of benzene rings is 1. The molecule has 0 spiro atoms. The molecule has 1 saturated heterocycles. The Morgan fingerprint density at radius 3 is 2.79 bits per heavy atom. The van der Waals surface area contributed by atoms with Gasteiger partial charge < -0.3 is 20.5 Å². The number of halogens is 1. The van der Waals surface area contributed by atoms with Crippen molar-refractivity contribution in [2.24, 2.45) is 5.73 Å². The van der Waals surface area contributed by atoms with E-state index >= 15 is 0 Å². The minimum Gasteiger partial charge on any atom is -0.496 e. The van der Waals surface area contributed by atoms with Gasteiger partial charge in [0.05, 0.1) is 13.2 Å². The van der Waals surface area contributed by atoms with E-state index in [1.807, 2.05) is 6.92 Å². The molecule has 0 saturated carbocycles. The van der Waals surface area contributed by atoms with Crippen molar-refractivity contribution in [3.8, 4) is 5.75 Å². The smallest absolute Gasteiger partial charge is 0.267 e. The van der Waals surface area contributed by atoms with Crippen LogP contribution in [0.2, 0.25) is 0 Å². The van der Waals surface area contributed by atoms with Gasteiger partial charge in [0.25, 0.3) is 11.8 Å². The van der Waals surface area contributed by atoms with E-state index in [0.717, 1.165) is 5.56 Å². The quantitative estimate of drug-likeness (QED) is 0.821. The molecule has 1 aliphatic rings. The molecule has 7 nitrogen and oxygen atoms in total. The molecular weight excluding hydrogens is 365 g/mol. The molecule has 3 atom stereocenters. The zero-order chi connectivity index (χ0) is 20.4. The normalized spacial score (nSPS) is 21.4. The van der Waals surface area contributed by atoms with Crippen LogP contribution in [-0.2, 0) is 9.53 Å². The molecule has 2 amide bonds. The Morgan fingerprint density at radius 2 is 2.11 bits per heavy atom. The molecule has 0 unspecified atom stereocenters. The molecule has 0 radical (unpaired) electrons. The van der Waals surface area contributed by atoms with Crippen molar-refractivity contribution in [3.05, 3.63) is 53.1 Å². The molecule has 1 fully saturated rings. The highest BCUT2D eigenvalue weighted by molar-refractivity contribution is 5.97. The topological polar surface area (TPSA) is 104 Å². The molecule has 148 valence electrons. The van der Waals surface area contributed by atoms with Gasteiger partial charge in [-0.2, -0.15) is 0 Å². The Hall–Kier alpha value is -3.00. The first kappa shape index (κ1) is 19.8. The van der Waals surface area contributed by atoms with Crippen molar-refractivity contribution >= 4 is 17.5 Å². The maximum atomic E-state index is 13.9. The van der Waals surface area contributed by atoms with E-state index in [-0.39, 0.29) is 29.4 Å². The van der Waals surface area contributed by atoms with Gasteiger partial charge in [-0.3, -0.25) is 14.6 Å². The van der Waals surface area contributed by atoms with E-state index in [4.69, 9.17) is 15.2 Å². The number of nitrogens with zero attached hydrogens (tertiary/aromatic N) is 1. The monoisotopic (exact) mass is 387 g/mol. The van der Waals surface area contributed by atoms with Crippen molar-refractivity contribution < 1.29 is 23.5 Å². The van der Waals surface area contributed by atoms with Gasteiger partial charge in [0.2, 0.25) is 0 Å². The molecule has 3 rings (SSSR count). The lowest BCUT2D eigenvalue weighted by Crippen LogP contribution is -2.32. The van der Waals surface area contributed by atoms with Crippen LogP contribution in [0, 0.1) is 12.7 Å². The molecule has 1 aliphatic heterocycles. The molecule has 28 heavy (non-hydrogen) atoms. The Labute approximate surface area is 162 Å². The number of anilines is 1. The average Bonchev–Trinajstić information content (AvgIpc) is 3.05. The number of methoxy groups -OCH3 is 1. The number of hydrogen-bond donors (Lipinski definition) is 2. The molecule has 8 heteroatoms. The summed E-state index contributed by atoms with van der Waals surface area (Å²) in [5, 5.41) is 2.74. The standard InChI is InChI=1S/C20H22FN3O4/c1-10-8-14(13-4-5-15(21)11(2)17(13)27-3)18(28-10)20(26)24-12-6-7-23-16(9-12)19(22)25/h4-7,9-10,14,18H,8H2,1-3H3,(H2,22,25)(H,23,24,26)/t10-,14-,18+/m1/s1. The summed E-state index contributed by atoms with van der Waals surface area (Å²) in [6, 6.07) is 5.95. The summed E-state index contributed by atoms with van der Waals surface area (Å²) in [6.45, 7) is 3.51. The fraction of sp³-hybridized carbons (Fsp3) is 0.350. The number of ether oxygens (including phenoxy) is 2. The largest absolute Gasteiger partial charge is 0.496 e. The molecule has 3 N–H and O–H groups in total. The lowest BCUT2D eigenvalue weighted by atomic mass is 9.88. The number of nitrogens with one attached hydrogen (secondary N) is 1. The first-order valence-corrected chi connectivity index (χ1v) is 8.87. The second-order valence-electron chi connectivity index (χ2n) is 6.79. The third kappa shape index (κ3) is 3.82. The van der Waals surface area contributed by atoms with Gasteiger partial charge in [-0.25, -0.2) is 4.39 Å². The number of carbonyl (C=O) groups is 2. The Bertz CT molecular complexity index is 918. The third-order valence-corrected chi connectivity index (χ3v) is 4.84. The Morgan fingerprint density at radius 1 is 1.36 bits per heavy atom. The number of hydrogen-bond acceptors (Lipinski definition) is 5. The highest BCUT2D eigenvalue weighted by atomic mass is 19.1. The van der Waals surface area contributed by atoms with Crippen LogP contribution in [0.15, 0.2) is 30.5 Å². The summed E-state index contributed by atoms with van der Waals surface area (Å²) in [5.74, 6) is -1.32. The van der Waals surface area contributed by atoms with Crippen molar-refractivity contribution in [1.82, 2.24) is 4.98 Å². The molecule has 1 aromatic heterocycles. The number of aromatic nitrogens is 1. The van der Waals surface area contributed by atoms with E-state index in [0.29, 0.717) is 23.4 Å². The van der Waals surface area contributed by atoms with Gasteiger partial charge in [-0.15, -0.1) is 0 Å². The second-order valence-corrected chi connectivity index (χ2v) is 6.79. The van der Waals surface area contributed by atoms with Gasteiger partial charge in [-0.05, 0) is 38.5 Å². The van der Waals surface area contributed by atoms with Crippen LogP contribution in [0.3, 0.4) is 0 Å². The zero-order valence-electron chi connectivity index (χ0n) is 15.9. The summed E-state index contributed by atoms with van der Waals surface area (Å²) in [5.41, 5.74) is 6.77. The molecular formula is C20H22FN3O4. The van der Waals surface area contributed by atoms with Crippen molar-refractivity contribution in [2.45, 2.75) is 38.4 Å². The van der Waals surface area contributed by atoms with Crippen LogP contribution in [0.5, 0.6) is 5.75 Å². The van der Waals surface area contributed by atoms with E-state index in [2.05, 4.69) is 10.3 Å². The summed E-state index contributed by atoms with van der Waals surface area (Å²) < 4.78 is 25.2. The second kappa shape index (κ2) is 7.93. The predicted molar refractivity (Wildman–Crippen MR) is 101 cm³/mol. The summed E-state index contributed by atoms with van der Waals surface area (Å²) in [6.07, 6.45) is 1.02. The van der Waals surface area contributed by atoms with Crippen LogP contribution < -0.4 is 15.8 Å². The predicted octanol–water partition coefficient (Wildman–Crippen LogP) is 2.54. The SMILES string of the molecule is COc1c([C@H]2C[C@@H](C)O[C@@H]2C(=O)Nc2ccnc(C(N)=O)c2)ccc(F)c1C. The van der Waals surface area contributed by atoms with Crippen molar-refractivity contribution in [2.75, 3.05) is 12.4 Å². The number of amides is 2. The average molecular weight is 387 g/mol. The fourth-order valence-electron chi connectivity index (χ4n) is 3.52. The first-order valence-electron chi connectivity index (χ1n) is 8.87. The molecule has 0 aliphatic carbocycles. The molecule has 0 bridgehead atoms. The fourth-order valence-corrected chi connectivity index (χ4v) is 3.52. The first-order chi connectivity index (χ1) is 13.3. The van der Waals surface area contributed by atoms with Crippen molar-refractivity contribution in [1.29, 1.82) is 0 Å². The minimum atomic E-state index is -0.793. The summed E-state index contributed by atoms with van der Waals surface area (Å²) >= 11 is 0. The van der Waals surface area contributed by atoms with Crippen LogP contribution in [0.1, 0.15) is 40.9 Å². The number of rotatable bonds is 5. The van der Waals surface area contributed by atoms with Gasteiger partial charge in [-0.1, -0.05) is 6.07 Å². The maximum Gasteiger partial charge on any atom is 0.267 e. The van der Waals surface area contributed by atoms with Crippen LogP contribution in [0.4, 0.5) is 10.1 Å². The third-order valence-electron chi connectivity index (χ3n) is 4.84. The van der Waals surface area contributed by atoms with Crippen molar-refractivity contribution in [3.63, 3.8) is 0 Å². The Kier molecular flexibility index (Phi) is 5.60. The van der Waals surface area contributed by atoms with Gasteiger partial charge in [0.1, 0.15) is 23.4 Å². The lowest BCUT2D eigenvalue weighted by molar-refractivity contribution is -0.126. The Balaban J connectivity index is 1.88. The molecule has 2 heterocycles. The van der Waals surface area contributed by atoms with E-state index < -0.39 is 12.0 Å². The number of carbonyl (C=O) groups excluding carboxylic acids is 2. The molecule has 1 aromatic carbocycles. The van der Waals surface area contributed by atoms with E-state index in [1.165, 1.54) is 25.4 Å². The molecule has 2 aromatic rings. The minimum absolute atomic E-state index is 0.0471. The lowest BCUT2D eigenvalue weighted by Gasteiger charge is -2.21.